The molecule has 0 fully saturated rings. The first-order valence-electron chi connectivity index (χ1n) is 3.80. The van der Waals surface area contributed by atoms with Crippen molar-refractivity contribution < 1.29 is 9.26 Å². The summed E-state index contributed by atoms with van der Waals surface area (Å²) in [5, 5.41) is 3.65. The molecule has 2 aromatic heterocycles. The van der Waals surface area contributed by atoms with Crippen LogP contribution in [0.3, 0.4) is 0 Å². The molecule has 0 unspecified atom stereocenters. The van der Waals surface area contributed by atoms with E-state index in [1.54, 1.807) is 18.3 Å². The Bertz CT molecular complexity index is 444. The average Bonchev–Trinajstić information content (AvgIpc) is 2.65. The second-order valence-corrected chi connectivity index (χ2v) is 2.75. The zero-order chi connectivity index (χ0) is 9.97. The molecule has 0 saturated carbocycles. The van der Waals surface area contributed by atoms with Crippen molar-refractivity contribution >= 4 is 11.6 Å². The molecule has 0 spiro atoms. The number of nitrogens with zero attached hydrogens (tertiary/aromatic N) is 3. The van der Waals surface area contributed by atoms with Crippen molar-refractivity contribution in [1.29, 1.82) is 0 Å². The normalized spacial score (nSPS) is 10.1. The number of rotatable bonds is 2. The summed E-state index contributed by atoms with van der Waals surface area (Å²) in [5.74, 6) is 0.796. The maximum atomic E-state index is 5.50. The molecule has 0 aliphatic carbocycles. The third-order valence-corrected chi connectivity index (χ3v) is 1.76. The lowest BCUT2D eigenvalue weighted by atomic mass is 10.2. The molecule has 0 atom stereocenters. The van der Waals surface area contributed by atoms with Gasteiger partial charge in [0.2, 0.25) is 11.7 Å². The van der Waals surface area contributed by atoms with Gasteiger partial charge in [0.05, 0.1) is 12.7 Å². The molecule has 0 aromatic carbocycles. The van der Waals surface area contributed by atoms with Crippen LogP contribution >= 0.6 is 11.6 Å². The molecule has 0 saturated heterocycles. The maximum Gasteiger partial charge on any atom is 0.320 e. The smallest absolute Gasteiger partial charge is 0.320 e. The highest BCUT2D eigenvalue weighted by molar-refractivity contribution is 6.27. The fourth-order valence-electron chi connectivity index (χ4n) is 1.04. The quantitative estimate of drug-likeness (QED) is 0.758. The van der Waals surface area contributed by atoms with Gasteiger partial charge in [0.25, 0.3) is 0 Å². The van der Waals surface area contributed by atoms with Gasteiger partial charge in [-0.15, -0.1) is 0 Å². The van der Waals surface area contributed by atoms with Crippen LogP contribution in [-0.2, 0) is 0 Å². The van der Waals surface area contributed by atoms with E-state index in [1.807, 2.05) is 0 Å². The second-order valence-electron chi connectivity index (χ2n) is 2.43. The Morgan fingerprint density at radius 3 is 3.00 bits per heavy atom. The Balaban J connectivity index is 2.50. The van der Waals surface area contributed by atoms with Gasteiger partial charge in [0, 0.05) is 6.20 Å². The summed E-state index contributed by atoms with van der Waals surface area (Å²) < 4.78 is 9.67. The van der Waals surface area contributed by atoms with Crippen molar-refractivity contribution in [2.24, 2.45) is 0 Å². The van der Waals surface area contributed by atoms with Crippen molar-refractivity contribution in [1.82, 2.24) is 15.1 Å². The Labute approximate surface area is 84.7 Å². The molecule has 2 heterocycles. The topological polar surface area (TPSA) is 61.0 Å². The minimum Gasteiger partial charge on any atom is -0.480 e. The number of ether oxygens (including phenoxy) is 1. The summed E-state index contributed by atoms with van der Waals surface area (Å²) in [4.78, 5) is 7.85. The van der Waals surface area contributed by atoms with E-state index in [9.17, 15) is 0 Å². The molecule has 14 heavy (non-hydrogen) atoms. The first-order valence-corrected chi connectivity index (χ1v) is 4.17. The minimum atomic E-state index is -0.00842. The number of hydrogen-bond donors (Lipinski definition) is 0. The van der Waals surface area contributed by atoms with Crippen molar-refractivity contribution in [3.8, 4) is 17.3 Å². The molecule has 0 N–H and O–H groups in total. The fourth-order valence-corrected chi connectivity index (χ4v) is 1.15. The highest BCUT2D eigenvalue weighted by Crippen LogP contribution is 2.25. The number of halogens is 1. The monoisotopic (exact) mass is 211 g/mol. The Kier molecular flexibility index (Phi) is 2.32. The van der Waals surface area contributed by atoms with Gasteiger partial charge >= 0.3 is 5.35 Å². The lowest BCUT2D eigenvalue weighted by Crippen LogP contribution is -1.91. The molecule has 0 amide bonds. The van der Waals surface area contributed by atoms with Gasteiger partial charge in [-0.25, -0.2) is 4.98 Å². The predicted molar refractivity (Wildman–Crippen MR) is 49.1 cm³/mol. The van der Waals surface area contributed by atoms with E-state index in [0.29, 0.717) is 17.3 Å². The van der Waals surface area contributed by atoms with Gasteiger partial charge in [-0.1, -0.05) is 5.16 Å². The van der Waals surface area contributed by atoms with E-state index < -0.39 is 0 Å². The van der Waals surface area contributed by atoms with Crippen LogP contribution in [0.1, 0.15) is 0 Å². The van der Waals surface area contributed by atoms with E-state index in [-0.39, 0.29) is 5.35 Å². The van der Waals surface area contributed by atoms with Crippen LogP contribution in [0, 0.1) is 0 Å². The Hall–Kier alpha value is -1.62. The molecule has 2 aromatic rings. The molecule has 6 heteroatoms. The van der Waals surface area contributed by atoms with Crippen molar-refractivity contribution in [2.75, 3.05) is 7.11 Å². The fraction of sp³-hybridized carbons (Fsp3) is 0.125. The van der Waals surface area contributed by atoms with Crippen molar-refractivity contribution in [3.63, 3.8) is 0 Å². The van der Waals surface area contributed by atoms with Crippen LogP contribution in [0.2, 0.25) is 5.35 Å². The Morgan fingerprint density at radius 2 is 2.36 bits per heavy atom. The van der Waals surface area contributed by atoms with Crippen LogP contribution in [0.4, 0.5) is 0 Å². The first kappa shape index (κ1) is 8.96. The molecule has 72 valence electrons. The molecular weight excluding hydrogens is 206 g/mol. The minimum absolute atomic E-state index is 0.00842. The van der Waals surface area contributed by atoms with E-state index >= 15 is 0 Å². The number of hydrogen-bond acceptors (Lipinski definition) is 5. The molecule has 0 aliphatic heterocycles. The van der Waals surface area contributed by atoms with Gasteiger partial charge in [0.15, 0.2) is 0 Å². The van der Waals surface area contributed by atoms with Crippen LogP contribution in [-0.4, -0.2) is 22.2 Å². The van der Waals surface area contributed by atoms with Crippen LogP contribution in [0.5, 0.6) is 5.88 Å². The van der Waals surface area contributed by atoms with E-state index in [2.05, 4.69) is 19.6 Å². The van der Waals surface area contributed by atoms with Gasteiger partial charge in [-0.3, -0.25) is 0 Å². The molecular formula is C8H6ClN3O2. The zero-order valence-corrected chi connectivity index (χ0v) is 8.02. The van der Waals surface area contributed by atoms with Gasteiger partial charge < -0.3 is 9.26 Å². The lowest BCUT2D eigenvalue weighted by Gasteiger charge is -2.01. The number of aromatic nitrogens is 3. The highest BCUT2D eigenvalue weighted by Gasteiger charge is 2.12. The standard InChI is InChI=1S/C8H6ClN3O2/c1-13-7-5(3-2-4-10-7)6-11-8(9)14-12-6/h2-4H,1H3. The Morgan fingerprint density at radius 1 is 1.50 bits per heavy atom. The molecule has 0 radical (unpaired) electrons. The maximum absolute atomic E-state index is 5.50. The van der Waals surface area contributed by atoms with Crippen molar-refractivity contribution in [2.45, 2.75) is 0 Å². The molecule has 2 rings (SSSR count). The molecule has 0 aliphatic rings. The van der Waals surface area contributed by atoms with Crippen LogP contribution in [0.15, 0.2) is 22.9 Å². The first-order chi connectivity index (χ1) is 6.81. The van der Waals surface area contributed by atoms with Gasteiger partial charge in [-0.05, 0) is 23.7 Å². The van der Waals surface area contributed by atoms with Gasteiger partial charge in [0.1, 0.15) is 0 Å². The van der Waals surface area contributed by atoms with Crippen molar-refractivity contribution in [3.05, 3.63) is 23.7 Å². The highest BCUT2D eigenvalue weighted by atomic mass is 35.5. The van der Waals surface area contributed by atoms with E-state index in [4.69, 9.17) is 16.3 Å². The average molecular weight is 212 g/mol. The van der Waals surface area contributed by atoms with Crippen LogP contribution in [0.25, 0.3) is 11.4 Å². The summed E-state index contributed by atoms with van der Waals surface area (Å²) in [7, 11) is 1.52. The summed E-state index contributed by atoms with van der Waals surface area (Å²) >= 11 is 5.50. The van der Waals surface area contributed by atoms with Crippen LogP contribution < -0.4 is 4.74 Å². The van der Waals surface area contributed by atoms with E-state index in [1.165, 1.54) is 7.11 Å². The molecule has 5 nitrogen and oxygen atoms in total. The lowest BCUT2D eigenvalue weighted by molar-refractivity contribution is 0.397. The predicted octanol–water partition coefficient (Wildman–Crippen LogP) is 1.79. The summed E-state index contributed by atoms with van der Waals surface area (Å²) in [6.07, 6.45) is 1.62. The summed E-state index contributed by atoms with van der Waals surface area (Å²) in [5.41, 5.74) is 0.644. The SMILES string of the molecule is COc1ncccc1-c1noc(Cl)n1. The number of methoxy groups -OCH3 is 1. The summed E-state index contributed by atoms with van der Waals surface area (Å²) in [6, 6.07) is 3.52. The number of pyridine rings is 1. The second kappa shape index (κ2) is 3.63. The summed E-state index contributed by atoms with van der Waals surface area (Å²) in [6.45, 7) is 0. The third kappa shape index (κ3) is 1.54. The van der Waals surface area contributed by atoms with Gasteiger partial charge in [-0.2, -0.15) is 4.98 Å². The zero-order valence-electron chi connectivity index (χ0n) is 7.27. The van der Waals surface area contributed by atoms with E-state index in [0.717, 1.165) is 0 Å². The largest absolute Gasteiger partial charge is 0.480 e. The third-order valence-electron chi connectivity index (χ3n) is 1.61. The molecule has 0 bridgehead atoms.